The zero-order valence-electron chi connectivity index (χ0n) is 23.0. The number of carbonyl (C=O) groups excluding carboxylic acids is 2. The molecule has 0 fully saturated rings. The summed E-state index contributed by atoms with van der Waals surface area (Å²) in [7, 11) is -4.15. The lowest BCUT2D eigenvalue weighted by molar-refractivity contribution is -0.139. The van der Waals surface area contributed by atoms with Gasteiger partial charge in [-0.15, -0.1) is 0 Å². The fraction of sp³-hybridized carbons (Fsp3) is 0.333. The first-order valence-electron chi connectivity index (χ1n) is 12.9. The first kappa shape index (κ1) is 30.2. The number of anilines is 1. The summed E-state index contributed by atoms with van der Waals surface area (Å²) in [4.78, 5) is 28.5. The van der Waals surface area contributed by atoms with Crippen molar-refractivity contribution in [2.75, 3.05) is 10.8 Å². The molecule has 0 bridgehead atoms. The van der Waals surface area contributed by atoms with Crippen molar-refractivity contribution in [3.05, 3.63) is 94.5 Å². The lowest BCUT2D eigenvalue weighted by atomic mass is 10.1. The van der Waals surface area contributed by atoms with Gasteiger partial charge in [-0.2, -0.15) is 0 Å². The maximum absolute atomic E-state index is 14.0. The highest BCUT2D eigenvalue weighted by molar-refractivity contribution is 7.92. The van der Waals surface area contributed by atoms with E-state index in [1.54, 1.807) is 44.2 Å². The second kappa shape index (κ2) is 13.1. The Labute approximate surface area is 236 Å². The van der Waals surface area contributed by atoms with Crippen LogP contribution in [0, 0.1) is 13.8 Å². The van der Waals surface area contributed by atoms with E-state index in [0.717, 1.165) is 21.9 Å². The van der Waals surface area contributed by atoms with Gasteiger partial charge in [-0.1, -0.05) is 72.6 Å². The number of benzene rings is 3. The van der Waals surface area contributed by atoms with Gasteiger partial charge in [0.05, 0.1) is 10.6 Å². The molecule has 0 aliphatic carbocycles. The van der Waals surface area contributed by atoms with Gasteiger partial charge in [0.1, 0.15) is 12.6 Å². The summed E-state index contributed by atoms with van der Waals surface area (Å²) in [6.07, 6.45) is 0.738. The van der Waals surface area contributed by atoms with Crippen LogP contribution in [-0.2, 0) is 26.2 Å². The average molecular weight is 570 g/mol. The number of hydrogen-bond donors (Lipinski definition) is 1. The molecule has 2 atom stereocenters. The Morgan fingerprint density at radius 3 is 2.18 bits per heavy atom. The summed E-state index contributed by atoms with van der Waals surface area (Å²) < 4.78 is 29.0. The normalized spacial score (nSPS) is 12.9. The smallest absolute Gasteiger partial charge is 0.264 e. The van der Waals surface area contributed by atoms with Crippen LogP contribution in [0.4, 0.5) is 5.69 Å². The molecule has 9 heteroatoms. The number of hydrogen-bond acceptors (Lipinski definition) is 4. The van der Waals surface area contributed by atoms with E-state index in [0.29, 0.717) is 16.3 Å². The van der Waals surface area contributed by atoms with Crippen LogP contribution in [-0.4, -0.2) is 43.8 Å². The van der Waals surface area contributed by atoms with Crippen LogP contribution in [0.15, 0.2) is 77.7 Å². The van der Waals surface area contributed by atoms with Crippen molar-refractivity contribution in [2.24, 2.45) is 0 Å². The summed E-state index contributed by atoms with van der Waals surface area (Å²) in [5, 5.41) is 3.31. The lowest BCUT2D eigenvalue weighted by Crippen LogP contribution is -2.52. The third-order valence-corrected chi connectivity index (χ3v) is 8.94. The van der Waals surface area contributed by atoms with Crippen molar-refractivity contribution in [1.82, 2.24) is 10.2 Å². The standard InChI is InChI=1S/C30H36ClN3O4S/c1-6-22(3)32-30(36)24(5)33(19-25-11-8-7-9-12-25)29(35)20-34(28-14-10-13-27(31)23(28)4)39(37,38)26-17-15-21(2)16-18-26/h7-18,22,24H,6,19-20H2,1-5H3,(H,32,36). The van der Waals surface area contributed by atoms with Gasteiger partial charge in [0.2, 0.25) is 11.8 Å². The number of amides is 2. The Kier molecular flexibility index (Phi) is 10.2. The minimum atomic E-state index is -4.15. The van der Waals surface area contributed by atoms with Crippen LogP contribution in [0.5, 0.6) is 0 Å². The van der Waals surface area contributed by atoms with Gasteiger partial charge < -0.3 is 10.2 Å². The van der Waals surface area contributed by atoms with Crippen molar-refractivity contribution in [1.29, 1.82) is 0 Å². The van der Waals surface area contributed by atoms with E-state index >= 15 is 0 Å². The third kappa shape index (κ3) is 7.40. The van der Waals surface area contributed by atoms with Crippen molar-refractivity contribution >= 4 is 39.1 Å². The van der Waals surface area contributed by atoms with Crippen LogP contribution < -0.4 is 9.62 Å². The van der Waals surface area contributed by atoms with Gasteiger partial charge in [0, 0.05) is 17.6 Å². The van der Waals surface area contributed by atoms with Crippen LogP contribution >= 0.6 is 11.6 Å². The number of carbonyl (C=O) groups is 2. The molecule has 2 unspecified atom stereocenters. The molecule has 1 N–H and O–H groups in total. The van der Waals surface area contributed by atoms with Gasteiger partial charge in [0.25, 0.3) is 10.0 Å². The van der Waals surface area contributed by atoms with Crippen molar-refractivity contribution in [3.63, 3.8) is 0 Å². The number of nitrogens with one attached hydrogen (secondary N) is 1. The van der Waals surface area contributed by atoms with E-state index in [1.165, 1.54) is 17.0 Å². The highest BCUT2D eigenvalue weighted by Crippen LogP contribution is 2.31. The predicted octanol–water partition coefficient (Wildman–Crippen LogP) is 5.48. The van der Waals surface area contributed by atoms with Crippen molar-refractivity contribution in [2.45, 2.75) is 64.6 Å². The predicted molar refractivity (Wildman–Crippen MR) is 156 cm³/mol. The Balaban J connectivity index is 2.05. The average Bonchev–Trinajstić information content (AvgIpc) is 2.92. The molecule has 0 heterocycles. The molecule has 0 saturated carbocycles. The summed E-state index contributed by atoms with van der Waals surface area (Å²) in [6.45, 7) is 8.72. The molecule has 2 amide bonds. The van der Waals surface area contributed by atoms with Crippen molar-refractivity contribution in [3.8, 4) is 0 Å². The summed E-state index contributed by atoms with van der Waals surface area (Å²) in [5.74, 6) is -0.818. The topological polar surface area (TPSA) is 86.8 Å². The van der Waals surface area contributed by atoms with Gasteiger partial charge in [-0.3, -0.25) is 13.9 Å². The van der Waals surface area contributed by atoms with E-state index in [2.05, 4.69) is 5.32 Å². The molecule has 0 aliphatic rings. The minimum absolute atomic E-state index is 0.0532. The summed E-state index contributed by atoms with van der Waals surface area (Å²) in [6, 6.07) is 19.8. The molecule has 0 spiro atoms. The second-order valence-electron chi connectivity index (χ2n) is 9.71. The SMILES string of the molecule is CCC(C)NC(=O)C(C)N(Cc1ccccc1)C(=O)CN(c1cccc(Cl)c1C)S(=O)(=O)c1ccc(C)cc1. The molecule has 39 heavy (non-hydrogen) atoms. The Morgan fingerprint density at radius 2 is 1.56 bits per heavy atom. The number of nitrogens with zero attached hydrogens (tertiary/aromatic N) is 2. The molecule has 3 aromatic rings. The molecule has 0 radical (unpaired) electrons. The molecule has 0 aliphatic heterocycles. The van der Waals surface area contributed by atoms with Gasteiger partial charge >= 0.3 is 0 Å². The molecule has 0 aromatic heterocycles. The van der Waals surface area contributed by atoms with Crippen molar-refractivity contribution < 1.29 is 18.0 Å². The highest BCUT2D eigenvalue weighted by atomic mass is 35.5. The maximum Gasteiger partial charge on any atom is 0.264 e. The van der Waals surface area contributed by atoms with E-state index in [1.807, 2.05) is 51.1 Å². The van der Waals surface area contributed by atoms with E-state index in [9.17, 15) is 18.0 Å². The molecular weight excluding hydrogens is 534 g/mol. The highest BCUT2D eigenvalue weighted by Gasteiger charge is 2.33. The fourth-order valence-corrected chi connectivity index (χ4v) is 5.69. The Morgan fingerprint density at radius 1 is 0.923 bits per heavy atom. The molecule has 7 nitrogen and oxygen atoms in total. The number of aryl methyl sites for hydroxylation is 1. The monoisotopic (exact) mass is 569 g/mol. The molecular formula is C30H36ClN3O4S. The second-order valence-corrected chi connectivity index (χ2v) is 12.0. The van der Waals surface area contributed by atoms with Crippen LogP contribution in [0.3, 0.4) is 0 Å². The van der Waals surface area contributed by atoms with E-state index in [4.69, 9.17) is 11.6 Å². The third-order valence-electron chi connectivity index (χ3n) is 6.76. The summed E-state index contributed by atoms with van der Waals surface area (Å²) in [5.41, 5.74) is 2.55. The number of rotatable bonds is 11. The lowest BCUT2D eigenvalue weighted by Gasteiger charge is -2.33. The quantitative estimate of drug-likeness (QED) is 0.331. The van der Waals surface area contributed by atoms with E-state index < -0.39 is 28.5 Å². The Bertz CT molecular complexity index is 1400. The van der Waals surface area contributed by atoms with E-state index in [-0.39, 0.29) is 23.4 Å². The van der Waals surface area contributed by atoms with Gasteiger partial charge in [0.15, 0.2) is 0 Å². The molecule has 208 valence electrons. The molecule has 3 aromatic carbocycles. The zero-order valence-corrected chi connectivity index (χ0v) is 24.6. The number of halogens is 1. The fourth-order valence-electron chi connectivity index (χ4n) is 4.05. The summed E-state index contributed by atoms with van der Waals surface area (Å²) >= 11 is 6.37. The Hall–Kier alpha value is -3.36. The minimum Gasteiger partial charge on any atom is -0.352 e. The van der Waals surface area contributed by atoms with Crippen LogP contribution in [0.1, 0.15) is 43.9 Å². The molecule has 0 saturated heterocycles. The largest absolute Gasteiger partial charge is 0.352 e. The maximum atomic E-state index is 14.0. The van der Waals surface area contributed by atoms with Gasteiger partial charge in [-0.05, 0) is 69.5 Å². The first-order valence-corrected chi connectivity index (χ1v) is 14.8. The first-order chi connectivity index (χ1) is 18.4. The molecule has 3 rings (SSSR count). The number of sulfonamides is 1. The zero-order chi connectivity index (χ0) is 28.7. The van der Waals surface area contributed by atoms with Crippen LogP contribution in [0.2, 0.25) is 5.02 Å². The van der Waals surface area contributed by atoms with Gasteiger partial charge in [-0.25, -0.2) is 8.42 Å². The van der Waals surface area contributed by atoms with Crippen LogP contribution in [0.25, 0.3) is 0 Å².